The molecule has 3 rings (SSSR count). The van der Waals surface area contributed by atoms with E-state index in [2.05, 4.69) is 28.8 Å². The van der Waals surface area contributed by atoms with E-state index < -0.39 is 0 Å². The van der Waals surface area contributed by atoms with Gasteiger partial charge in [0.05, 0.1) is 40.4 Å². The fourth-order valence-corrected chi connectivity index (χ4v) is 3.35. The lowest BCUT2D eigenvalue weighted by Crippen LogP contribution is -2.41. The number of rotatable bonds is 8. The molecule has 1 heterocycles. The minimum atomic E-state index is 0.542. The summed E-state index contributed by atoms with van der Waals surface area (Å²) < 4.78 is 23.8. The molecule has 0 fully saturated rings. The molecule has 0 saturated carbocycles. The smallest absolute Gasteiger partial charge is 0.213 e. The summed E-state index contributed by atoms with van der Waals surface area (Å²) in [6, 6.07) is 14.0. The zero-order valence-electron chi connectivity index (χ0n) is 17.3. The zero-order chi connectivity index (χ0) is 20.8. The summed E-state index contributed by atoms with van der Waals surface area (Å²) in [4.78, 5) is 0. The maximum atomic E-state index is 5.87. The predicted octanol–water partition coefficient (Wildman–Crippen LogP) is 3.29. The molecule has 1 aromatic heterocycles. The van der Waals surface area contributed by atoms with Gasteiger partial charge in [-0.25, -0.2) is 0 Å². The van der Waals surface area contributed by atoms with Gasteiger partial charge in [-0.2, -0.15) is 4.57 Å². The molecule has 3 aromatic rings. The quantitative estimate of drug-likeness (QED) is 0.593. The van der Waals surface area contributed by atoms with Crippen molar-refractivity contribution in [3.05, 3.63) is 53.7 Å². The van der Waals surface area contributed by atoms with Gasteiger partial charge in [-0.05, 0) is 42.0 Å². The molecule has 6 nitrogen and oxygen atoms in total. The second-order valence-corrected chi connectivity index (χ2v) is 6.42. The van der Waals surface area contributed by atoms with Crippen molar-refractivity contribution in [1.29, 1.82) is 0 Å². The maximum absolute atomic E-state index is 5.87. The van der Waals surface area contributed by atoms with Crippen LogP contribution in [0.15, 0.2) is 42.5 Å². The fourth-order valence-electron chi connectivity index (χ4n) is 3.35. The Labute approximate surface area is 171 Å². The number of fused-ring (bicyclic) bond motifs is 1. The molecule has 0 amide bonds. The van der Waals surface area contributed by atoms with Crippen molar-refractivity contribution in [1.82, 2.24) is 0 Å². The van der Waals surface area contributed by atoms with Crippen LogP contribution < -0.4 is 29.2 Å². The average Bonchev–Trinajstić information content (AvgIpc) is 2.77. The minimum Gasteiger partial charge on any atom is -0.497 e. The van der Waals surface area contributed by atoms with Gasteiger partial charge in [0.15, 0.2) is 18.0 Å². The summed E-state index contributed by atoms with van der Waals surface area (Å²) in [5, 5.41) is 1.10. The number of benzene rings is 2. The van der Waals surface area contributed by atoms with Crippen LogP contribution in [0.4, 0.5) is 0 Å². The largest absolute Gasteiger partial charge is 0.497 e. The first-order valence-corrected chi connectivity index (χ1v) is 9.34. The number of hydrogen-bond acceptors (Lipinski definition) is 5. The molecule has 29 heavy (non-hydrogen) atoms. The molecule has 152 valence electrons. The van der Waals surface area contributed by atoms with Gasteiger partial charge in [0.2, 0.25) is 17.0 Å². The lowest BCUT2D eigenvalue weighted by atomic mass is 10.1. The summed E-state index contributed by atoms with van der Waals surface area (Å²) in [6.45, 7) is 1.25. The number of methoxy groups -OCH3 is 4. The summed E-state index contributed by atoms with van der Waals surface area (Å²) in [5.74, 6) is 2.64. The Morgan fingerprint density at radius 3 is 2.14 bits per heavy atom. The Morgan fingerprint density at radius 2 is 1.55 bits per heavy atom. The molecule has 6 heteroatoms. The van der Waals surface area contributed by atoms with Crippen LogP contribution in [0.25, 0.3) is 23.1 Å². The second kappa shape index (κ2) is 9.30. The molecule has 0 spiro atoms. The van der Waals surface area contributed by atoms with Crippen LogP contribution in [0.1, 0.15) is 11.3 Å². The first kappa shape index (κ1) is 20.5. The van der Waals surface area contributed by atoms with Gasteiger partial charge >= 0.3 is 0 Å². The molecule has 0 atom stereocenters. The highest BCUT2D eigenvalue weighted by Crippen LogP contribution is 2.38. The predicted molar refractivity (Wildman–Crippen MR) is 115 cm³/mol. The SMILES string of the molecule is COc1ccc2c(ccc(/C=C/c3cc(OC)c(OC)c(OC)c3)[n+]2CCN)c1. The van der Waals surface area contributed by atoms with Crippen LogP contribution in [-0.4, -0.2) is 35.0 Å². The molecular weight excluding hydrogens is 368 g/mol. The Balaban J connectivity index is 2.05. The van der Waals surface area contributed by atoms with Crippen molar-refractivity contribution >= 4 is 23.1 Å². The first-order valence-electron chi connectivity index (χ1n) is 9.34. The van der Waals surface area contributed by atoms with E-state index in [9.17, 15) is 0 Å². The average molecular weight is 395 g/mol. The molecule has 0 aliphatic rings. The lowest BCUT2D eigenvalue weighted by molar-refractivity contribution is -0.670. The van der Waals surface area contributed by atoms with E-state index in [1.165, 1.54) is 0 Å². The highest BCUT2D eigenvalue weighted by atomic mass is 16.5. The van der Waals surface area contributed by atoms with Crippen LogP contribution in [0.3, 0.4) is 0 Å². The molecule has 0 bridgehead atoms. The Morgan fingerprint density at radius 1 is 0.828 bits per heavy atom. The fraction of sp³-hybridized carbons (Fsp3) is 0.261. The van der Waals surface area contributed by atoms with E-state index >= 15 is 0 Å². The van der Waals surface area contributed by atoms with Crippen LogP contribution in [0.2, 0.25) is 0 Å². The minimum absolute atomic E-state index is 0.542. The highest BCUT2D eigenvalue weighted by molar-refractivity contribution is 5.79. The van der Waals surface area contributed by atoms with Crippen LogP contribution in [0, 0.1) is 0 Å². The van der Waals surface area contributed by atoms with Crippen molar-refractivity contribution in [3.8, 4) is 23.0 Å². The van der Waals surface area contributed by atoms with Gasteiger partial charge in [-0.3, -0.25) is 0 Å². The van der Waals surface area contributed by atoms with Crippen molar-refractivity contribution in [3.63, 3.8) is 0 Å². The van der Waals surface area contributed by atoms with Crippen molar-refractivity contribution in [2.45, 2.75) is 6.54 Å². The van der Waals surface area contributed by atoms with Gasteiger partial charge in [-0.15, -0.1) is 0 Å². The molecule has 2 aromatic carbocycles. The number of aromatic nitrogens is 1. The first-order chi connectivity index (χ1) is 14.1. The lowest BCUT2D eigenvalue weighted by Gasteiger charge is -2.12. The molecule has 0 saturated heterocycles. The monoisotopic (exact) mass is 395 g/mol. The summed E-state index contributed by atoms with van der Waals surface area (Å²) in [6.07, 6.45) is 4.07. The van der Waals surface area contributed by atoms with E-state index in [4.69, 9.17) is 24.7 Å². The van der Waals surface area contributed by atoms with Crippen LogP contribution >= 0.6 is 0 Å². The molecule has 0 aliphatic carbocycles. The molecule has 2 N–H and O–H groups in total. The van der Waals surface area contributed by atoms with Crippen molar-refractivity contribution < 1.29 is 23.5 Å². The van der Waals surface area contributed by atoms with Crippen molar-refractivity contribution in [2.75, 3.05) is 35.0 Å². The van der Waals surface area contributed by atoms with Gasteiger partial charge in [0, 0.05) is 18.2 Å². The Bertz CT molecular complexity index is 1010. The maximum Gasteiger partial charge on any atom is 0.213 e. The van der Waals surface area contributed by atoms with E-state index in [0.29, 0.717) is 30.3 Å². The molecular formula is C23H27N2O4+. The van der Waals surface area contributed by atoms with Gasteiger partial charge in [0.1, 0.15) is 5.75 Å². The zero-order valence-corrected chi connectivity index (χ0v) is 17.3. The van der Waals surface area contributed by atoms with Crippen molar-refractivity contribution in [2.24, 2.45) is 5.73 Å². The summed E-state index contributed by atoms with van der Waals surface area (Å²) in [5.41, 5.74) is 8.96. The molecule has 0 radical (unpaired) electrons. The third kappa shape index (κ3) is 4.27. The normalized spacial score (nSPS) is 11.1. The van der Waals surface area contributed by atoms with Crippen LogP contribution in [-0.2, 0) is 6.54 Å². The number of pyridine rings is 1. The molecule has 0 aliphatic heterocycles. The second-order valence-electron chi connectivity index (χ2n) is 6.42. The Hall–Kier alpha value is -3.25. The van der Waals surface area contributed by atoms with Gasteiger partial charge < -0.3 is 24.7 Å². The van der Waals surface area contributed by atoms with Crippen LogP contribution in [0.5, 0.6) is 23.0 Å². The Kier molecular flexibility index (Phi) is 6.57. The number of nitrogens with zero attached hydrogens (tertiary/aromatic N) is 1. The van der Waals surface area contributed by atoms with Gasteiger partial charge in [-0.1, -0.05) is 0 Å². The topological polar surface area (TPSA) is 66.8 Å². The molecule has 0 unspecified atom stereocenters. The number of hydrogen-bond donors (Lipinski definition) is 1. The summed E-state index contributed by atoms with van der Waals surface area (Å²) >= 11 is 0. The third-order valence-electron chi connectivity index (χ3n) is 4.76. The standard InChI is InChI=1S/C23H27N2O4/c1-26-19-9-10-20-17(15-19)6-8-18(25(20)12-11-24)7-5-16-13-21(27-2)23(29-4)22(14-16)28-3/h5-10,13-15H,11-12,24H2,1-4H3/q+1/b7-5+. The van der Waals surface area contributed by atoms with Gasteiger partial charge in [0.25, 0.3) is 0 Å². The van der Waals surface area contributed by atoms with E-state index in [1.54, 1.807) is 28.4 Å². The van der Waals surface area contributed by atoms with E-state index in [1.807, 2.05) is 30.3 Å². The third-order valence-corrected chi connectivity index (χ3v) is 4.76. The summed E-state index contributed by atoms with van der Waals surface area (Å²) in [7, 11) is 6.48. The highest BCUT2D eigenvalue weighted by Gasteiger charge is 2.15. The number of ether oxygens (including phenoxy) is 4. The van der Waals surface area contributed by atoms with E-state index in [0.717, 1.165) is 27.9 Å². The van der Waals surface area contributed by atoms with E-state index in [-0.39, 0.29) is 0 Å². The number of nitrogens with two attached hydrogens (primary N) is 1.